The molecule has 3 rings (SSSR count). The summed E-state index contributed by atoms with van der Waals surface area (Å²) in [6.45, 7) is 2.16. The molecule has 114 valence electrons. The molecule has 1 saturated heterocycles. The van der Waals surface area contributed by atoms with Crippen molar-refractivity contribution < 1.29 is 4.74 Å². The highest BCUT2D eigenvalue weighted by Gasteiger charge is 2.34. The molecule has 2 unspecified atom stereocenters. The molecule has 0 aromatic heterocycles. The molecule has 1 heterocycles. The Kier molecular flexibility index (Phi) is 4.15. The maximum Gasteiger partial charge on any atom is 0.129 e. The quantitative estimate of drug-likeness (QED) is 0.661. The van der Waals surface area contributed by atoms with Crippen LogP contribution in [0, 0.1) is 11.3 Å². The van der Waals surface area contributed by atoms with Gasteiger partial charge in [-0.15, -0.1) is 0 Å². The van der Waals surface area contributed by atoms with Gasteiger partial charge in [-0.1, -0.05) is 12.5 Å². The fourth-order valence-corrected chi connectivity index (χ4v) is 4.05. The van der Waals surface area contributed by atoms with Gasteiger partial charge in [-0.2, -0.15) is 0 Å². The molecule has 1 aliphatic heterocycles. The standard InChI is InChI=1S/C17H25N3O/c1-21-16-8-7-12(10-14(16)17(18)19)11-20-9-3-5-13-4-2-6-15(13)20/h7-8,10,13,15H,2-6,9,11H2,1H3,(H3,18,19). The highest BCUT2D eigenvalue weighted by atomic mass is 16.5. The van der Waals surface area contributed by atoms with Gasteiger partial charge in [-0.3, -0.25) is 10.3 Å². The molecule has 0 radical (unpaired) electrons. The maximum absolute atomic E-state index is 7.70. The molecule has 0 spiro atoms. The van der Waals surface area contributed by atoms with E-state index in [2.05, 4.69) is 11.0 Å². The highest BCUT2D eigenvalue weighted by Crippen LogP contribution is 2.37. The Morgan fingerprint density at radius 2 is 2.14 bits per heavy atom. The van der Waals surface area contributed by atoms with E-state index in [0.29, 0.717) is 11.3 Å². The molecule has 3 N–H and O–H groups in total. The molecule has 4 heteroatoms. The minimum absolute atomic E-state index is 0.0751. The fourth-order valence-electron chi connectivity index (χ4n) is 4.05. The number of methoxy groups -OCH3 is 1. The molecule has 2 aliphatic rings. The van der Waals surface area contributed by atoms with E-state index in [1.807, 2.05) is 12.1 Å². The average Bonchev–Trinajstić information content (AvgIpc) is 2.96. The number of ether oxygens (including phenoxy) is 1. The highest BCUT2D eigenvalue weighted by molar-refractivity contribution is 5.97. The van der Waals surface area contributed by atoms with Crippen molar-refractivity contribution in [3.63, 3.8) is 0 Å². The summed E-state index contributed by atoms with van der Waals surface area (Å²) in [7, 11) is 1.62. The first-order chi connectivity index (χ1) is 10.2. The van der Waals surface area contributed by atoms with E-state index in [1.54, 1.807) is 7.11 Å². The molecule has 1 saturated carbocycles. The van der Waals surface area contributed by atoms with Gasteiger partial charge >= 0.3 is 0 Å². The molecule has 1 aliphatic carbocycles. The monoisotopic (exact) mass is 287 g/mol. The van der Waals surface area contributed by atoms with Gasteiger partial charge in [0.25, 0.3) is 0 Å². The van der Waals surface area contributed by atoms with Crippen LogP contribution in [0.25, 0.3) is 0 Å². The summed E-state index contributed by atoms with van der Waals surface area (Å²) in [6, 6.07) is 6.81. The lowest BCUT2D eigenvalue weighted by Gasteiger charge is -2.37. The van der Waals surface area contributed by atoms with Gasteiger partial charge < -0.3 is 10.5 Å². The molecule has 1 aromatic rings. The van der Waals surface area contributed by atoms with Gasteiger partial charge in [-0.05, 0) is 55.8 Å². The van der Waals surface area contributed by atoms with E-state index < -0.39 is 0 Å². The second-order valence-electron chi connectivity index (χ2n) is 6.32. The number of hydrogen-bond donors (Lipinski definition) is 2. The van der Waals surface area contributed by atoms with Crippen LogP contribution < -0.4 is 10.5 Å². The van der Waals surface area contributed by atoms with Crippen LogP contribution in [0.15, 0.2) is 18.2 Å². The maximum atomic E-state index is 7.70. The average molecular weight is 287 g/mol. The Morgan fingerprint density at radius 1 is 1.33 bits per heavy atom. The van der Waals surface area contributed by atoms with Crippen molar-refractivity contribution in [1.29, 1.82) is 5.41 Å². The fraction of sp³-hybridized carbons (Fsp3) is 0.588. The molecule has 4 nitrogen and oxygen atoms in total. The van der Waals surface area contributed by atoms with E-state index in [9.17, 15) is 0 Å². The van der Waals surface area contributed by atoms with Crippen molar-refractivity contribution in [1.82, 2.24) is 4.90 Å². The number of nitrogens with two attached hydrogens (primary N) is 1. The third-order valence-electron chi connectivity index (χ3n) is 5.05. The largest absolute Gasteiger partial charge is 0.496 e. The summed E-state index contributed by atoms with van der Waals surface area (Å²) in [5.41, 5.74) is 7.60. The lowest BCUT2D eigenvalue weighted by Crippen LogP contribution is -2.41. The smallest absolute Gasteiger partial charge is 0.129 e. The Bertz CT molecular complexity index is 529. The number of amidine groups is 1. The number of nitrogens with zero attached hydrogens (tertiary/aromatic N) is 1. The van der Waals surface area contributed by atoms with Crippen LogP contribution in [0.5, 0.6) is 5.75 Å². The third-order valence-corrected chi connectivity index (χ3v) is 5.05. The van der Waals surface area contributed by atoms with Crippen molar-refractivity contribution in [2.75, 3.05) is 13.7 Å². The molecule has 2 atom stereocenters. The number of benzene rings is 1. The van der Waals surface area contributed by atoms with Crippen molar-refractivity contribution in [2.45, 2.75) is 44.7 Å². The van der Waals surface area contributed by atoms with Gasteiger partial charge in [0.1, 0.15) is 11.6 Å². The minimum Gasteiger partial charge on any atom is -0.496 e. The summed E-state index contributed by atoms with van der Waals surface area (Å²) in [4.78, 5) is 2.63. The molecule has 1 aromatic carbocycles. The van der Waals surface area contributed by atoms with Crippen molar-refractivity contribution >= 4 is 5.84 Å². The number of hydrogen-bond acceptors (Lipinski definition) is 3. The van der Waals surface area contributed by atoms with Gasteiger partial charge in [-0.25, -0.2) is 0 Å². The third kappa shape index (κ3) is 2.91. The first-order valence-corrected chi connectivity index (χ1v) is 7.94. The summed E-state index contributed by atoms with van der Waals surface area (Å²) in [6.07, 6.45) is 6.86. The zero-order valence-corrected chi connectivity index (χ0v) is 12.8. The first-order valence-electron chi connectivity index (χ1n) is 7.94. The molecule has 0 bridgehead atoms. The van der Waals surface area contributed by atoms with Crippen LogP contribution in [0.4, 0.5) is 0 Å². The van der Waals surface area contributed by atoms with E-state index in [4.69, 9.17) is 15.9 Å². The summed E-state index contributed by atoms with van der Waals surface area (Å²) < 4.78 is 5.29. The van der Waals surface area contributed by atoms with Gasteiger partial charge in [0.15, 0.2) is 0 Å². The van der Waals surface area contributed by atoms with Gasteiger partial charge in [0.2, 0.25) is 0 Å². The number of nitrogen functional groups attached to an aromatic ring is 1. The number of fused-ring (bicyclic) bond motifs is 1. The summed E-state index contributed by atoms with van der Waals surface area (Å²) in [5.74, 6) is 1.67. The number of piperidine rings is 1. The minimum atomic E-state index is 0.0751. The van der Waals surface area contributed by atoms with Crippen molar-refractivity contribution in [3.05, 3.63) is 29.3 Å². The van der Waals surface area contributed by atoms with Crippen LogP contribution >= 0.6 is 0 Å². The second-order valence-corrected chi connectivity index (χ2v) is 6.32. The predicted octanol–water partition coefficient (Wildman–Crippen LogP) is 2.74. The number of likely N-dealkylation sites (tertiary alicyclic amines) is 1. The molecule has 0 amide bonds. The Balaban J connectivity index is 1.78. The van der Waals surface area contributed by atoms with Crippen LogP contribution in [-0.2, 0) is 6.54 Å². The molecular weight excluding hydrogens is 262 g/mol. The lowest BCUT2D eigenvalue weighted by atomic mass is 9.91. The zero-order valence-electron chi connectivity index (χ0n) is 12.8. The van der Waals surface area contributed by atoms with Crippen LogP contribution in [0.2, 0.25) is 0 Å². The van der Waals surface area contributed by atoms with E-state index in [-0.39, 0.29) is 5.84 Å². The zero-order chi connectivity index (χ0) is 14.8. The molecule has 2 fully saturated rings. The Hall–Kier alpha value is -1.55. The SMILES string of the molecule is COc1ccc(CN2CCCC3CCCC32)cc1C(=N)N. The predicted molar refractivity (Wildman–Crippen MR) is 84.8 cm³/mol. The normalized spacial score (nSPS) is 25.6. The summed E-state index contributed by atoms with van der Waals surface area (Å²) >= 11 is 0. The van der Waals surface area contributed by atoms with Crippen LogP contribution in [0.1, 0.15) is 43.2 Å². The van der Waals surface area contributed by atoms with Gasteiger partial charge in [0, 0.05) is 12.6 Å². The van der Waals surface area contributed by atoms with Gasteiger partial charge in [0.05, 0.1) is 12.7 Å². The summed E-state index contributed by atoms with van der Waals surface area (Å²) in [5, 5.41) is 7.70. The number of nitrogens with one attached hydrogen (secondary N) is 1. The van der Waals surface area contributed by atoms with Crippen molar-refractivity contribution in [2.24, 2.45) is 11.7 Å². The topological polar surface area (TPSA) is 62.3 Å². The Labute approximate surface area is 126 Å². The molecular formula is C17H25N3O. The lowest BCUT2D eigenvalue weighted by molar-refractivity contribution is 0.106. The van der Waals surface area contributed by atoms with Crippen LogP contribution in [0.3, 0.4) is 0 Å². The van der Waals surface area contributed by atoms with E-state index >= 15 is 0 Å². The Morgan fingerprint density at radius 3 is 2.90 bits per heavy atom. The van der Waals surface area contributed by atoms with Crippen LogP contribution in [-0.4, -0.2) is 30.4 Å². The van der Waals surface area contributed by atoms with Crippen molar-refractivity contribution in [3.8, 4) is 5.75 Å². The molecule has 21 heavy (non-hydrogen) atoms. The number of rotatable bonds is 4. The first kappa shape index (κ1) is 14.4. The second kappa shape index (κ2) is 6.06. The van der Waals surface area contributed by atoms with E-state index in [0.717, 1.165) is 18.5 Å². The van der Waals surface area contributed by atoms with E-state index in [1.165, 1.54) is 44.2 Å².